The van der Waals surface area contributed by atoms with Gasteiger partial charge in [-0.3, -0.25) is 9.69 Å². The third-order valence-corrected chi connectivity index (χ3v) is 4.89. The molecular formula is C20H26N4O2. The number of carbonyl (C=O) groups excluding carboxylic acids is 1. The second-order valence-electron chi connectivity index (χ2n) is 6.69. The van der Waals surface area contributed by atoms with Gasteiger partial charge in [0.15, 0.2) is 0 Å². The highest BCUT2D eigenvalue weighted by atomic mass is 16.3. The van der Waals surface area contributed by atoms with Crippen molar-refractivity contribution in [2.24, 2.45) is 0 Å². The van der Waals surface area contributed by atoms with Crippen molar-refractivity contribution in [2.75, 3.05) is 26.2 Å². The van der Waals surface area contributed by atoms with E-state index in [1.54, 1.807) is 12.4 Å². The molecule has 0 bridgehead atoms. The summed E-state index contributed by atoms with van der Waals surface area (Å²) in [6, 6.07) is 7.77. The van der Waals surface area contributed by atoms with Gasteiger partial charge < -0.3 is 10.4 Å². The lowest BCUT2D eigenvalue weighted by Crippen LogP contribution is -2.43. The highest BCUT2D eigenvalue weighted by Crippen LogP contribution is 2.19. The highest BCUT2D eigenvalue weighted by molar-refractivity contribution is 5.95. The van der Waals surface area contributed by atoms with Gasteiger partial charge in [-0.25, -0.2) is 9.97 Å². The van der Waals surface area contributed by atoms with Crippen LogP contribution in [0.15, 0.2) is 43.0 Å². The Bertz CT molecular complexity index is 708. The summed E-state index contributed by atoms with van der Waals surface area (Å²) in [4.78, 5) is 22.8. The first-order valence-electron chi connectivity index (χ1n) is 9.26. The third-order valence-electron chi connectivity index (χ3n) is 4.89. The number of nitrogens with one attached hydrogen (secondary N) is 1. The molecule has 0 spiro atoms. The molecule has 0 unspecified atom stereocenters. The van der Waals surface area contributed by atoms with E-state index in [2.05, 4.69) is 20.2 Å². The number of hydrogen-bond donors (Lipinski definition) is 2. The SMILES string of the molecule is O=C(NCCCN1CCCC[C@@H]1CO)c1cccc(-c2cncnc2)c1. The maximum atomic E-state index is 12.4. The predicted octanol–water partition coefficient (Wildman–Crippen LogP) is 2.11. The van der Waals surface area contributed by atoms with Crippen molar-refractivity contribution in [3.63, 3.8) is 0 Å². The molecule has 1 aliphatic heterocycles. The Labute approximate surface area is 154 Å². The molecule has 1 fully saturated rings. The van der Waals surface area contributed by atoms with Gasteiger partial charge in [-0.1, -0.05) is 18.6 Å². The summed E-state index contributed by atoms with van der Waals surface area (Å²) in [5.74, 6) is -0.0685. The largest absolute Gasteiger partial charge is 0.395 e. The van der Waals surface area contributed by atoms with Crippen LogP contribution in [0.2, 0.25) is 0 Å². The van der Waals surface area contributed by atoms with Gasteiger partial charge in [0, 0.05) is 42.7 Å². The summed E-state index contributed by atoms with van der Waals surface area (Å²) < 4.78 is 0. The lowest BCUT2D eigenvalue weighted by molar-refractivity contribution is 0.0868. The summed E-state index contributed by atoms with van der Waals surface area (Å²) in [5, 5.41) is 12.4. The van der Waals surface area contributed by atoms with Gasteiger partial charge in [-0.05, 0) is 43.5 Å². The van der Waals surface area contributed by atoms with E-state index in [0.29, 0.717) is 12.1 Å². The van der Waals surface area contributed by atoms with Crippen molar-refractivity contribution in [2.45, 2.75) is 31.7 Å². The summed E-state index contributed by atoms with van der Waals surface area (Å²) in [7, 11) is 0. The number of benzene rings is 1. The van der Waals surface area contributed by atoms with Gasteiger partial charge in [-0.2, -0.15) is 0 Å². The fourth-order valence-corrected chi connectivity index (χ4v) is 3.44. The van der Waals surface area contributed by atoms with Crippen LogP contribution in [0.25, 0.3) is 11.1 Å². The van der Waals surface area contributed by atoms with Crippen molar-refractivity contribution in [1.29, 1.82) is 0 Å². The van der Waals surface area contributed by atoms with E-state index in [4.69, 9.17) is 0 Å². The molecule has 6 nitrogen and oxygen atoms in total. The lowest BCUT2D eigenvalue weighted by atomic mass is 10.0. The molecule has 138 valence electrons. The number of likely N-dealkylation sites (tertiary alicyclic amines) is 1. The maximum absolute atomic E-state index is 12.4. The Kier molecular flexibility index (Phi) is 6.68. The number of aromatic nitrogens is 2. The van der Waals surface area contributed by atoms with Crippen LogP contribution in [0.3, 0.4) is 0 Å². The van der Waals surface area contributed by atoms with Crippen LogP contribution in [-0.2, 0) is 0 Å². The number of aliphatic hydroxyl groups excluding tert-OH is 1. The van der Waals surface area contributed by atoms with E-state index in [1.165, 1.54) is 19.2 Å². The molecule has 2 N–H and O–H groups in total. The third kappa shape index (κ3) is 4.86. The van der Waals surface area contributed by atoms with E-state index < -0.39 is 0 Å². The van der Waals surface area contributed by atoms with Crippen LogP contribution in [0, 0.1) is 0 Å². The Morgan fingerprint density at radius 1 is 1.23 bits per heavy atom. The van der Waals surface area contributed by atoms with E-state index in [-0.39, 0.29) is 18.6 Å². The van der Waals surface area contributed by atoms with Crippen molar-refractivity contribution in [1.82, 2.24) is 20.2 Å². The van der Waals surface area contributed by atoms with Gasteiger partial charge >= 0.3 is 0 Å². The summed E-state index contributed by atoms with van der Waals surface area (Å²) >= 11 is 0. The molecule has 1 aromatic heterocycles. The van der Waals surface area contributed by atoms with E-state index in [1.807, 2.05) is 24.3 Å². The molecule has 26 heavy (non-hydrogen) atoms. The Hall–Kier alpha value is -2.31. The van der Waals surface area contributed by atoms with Crippen molar-refractivity contribution < 1.29 is 9.90 Å². The maximum Gasteiger partial charge on any atom is 0.251 e. The van der Waals surface area contributed by atoms with Gasteiger partial charge in [-0.15, -0.1) is 0 Å². The molecule has 1 atom stereocenters. The molecule has 0 aliphatic carbocycles. The molecular weight excluding hydrogens is 328 g/mol. The predicted molar refractivity (Wildman–Crippen MR) is 101 cm³/mol. The van der Waals surface area contributed by atoms with Gasteiger partial charge in [0.1, 0.15) is 6.33 Å². The minimum atomic E-state index is -0.0685. The first-order valence-corrected chi connectivity index (χ1v) is 9.26. The van der Waals surface area contributed by atoms with E-state index in [0.717, 1.165) is 37.1 Å². The molecule has 1 amide bonds. The molecule has 3 rings (SSSR count). The fourth-order valence-electron chi connectivity index (χ4n) is 3.44. The fraction of sp³-hybridized carbons (Fsp3) is 0.450. The minimum absolute atomic E-state index is 0.0685. The molecule has 1 aromatic carbocycles. The van der Waals surface area contributed by atoms with Crippen LogP contribution in [0.5, 0.6) is 0 Å². The van der Waals surface area contributed by atoms with E-state index in [9.17, 15) is 9.90 Å². The number of carbonyl (C=O) groups is 1. The van der Waals surface area contributed by atoms with Crippen LogP contribution in [0.1, 0.15) is 36.0 Å². The monoisotopic (exact) mass is 354 g/mol. The average molecular weight is 354 g/mol. The Balaban J connectivity index is 1.49. The molecule has 1 aliphatic rings. The summed E-state index contributed by atoms with van der Waals surface area (Å²) in [6.45, 7) is 2.81. The number of rotatable bonds is 7. The van der Waals surface area contributed by atoms with Crippen LogP contribution in [0.4, 0.5) is 0 Å². The van der Waals surface area contributed by atoms with Gasteiger partial charge in [0.05, 0.1) is 6.61 Å². The first-order chi connectivity index (χ1) is 12.8. The highest BCUT2D eigenvalue weighted by Gasteiger charge is 2.20. The standard InChI is InChI=1S/C20H26N4O2/c25-14-19-7-1-2-9-24(19)10-4-8-23-20(26)17-6-3-5-16(11-17)18-12-21-15-22-13-18/h3,5-6,11-13,15,19,25H,1-2,4,7-10,14H2,(H,23,26)/t19-/m1/s1. The molecule has 2 aromatic rings. The second-order valence-corrected chi connectivity index (χ2v) is 6.69. The van der Waals surface area contributed by atoms with Crippen molar-refractivity contribution in [3.05, 3.63) is 48.5 Å². The topological polar surface area (TPSA) is 78.4 Å². The van der Waals surface area contributed by atoms with Crippen molar-refractivity contribution in [3.8, 4) is 11.1 Å². The zero-order valence-electron chi connectivity index (χ0n) is 15.0. The molecule has 6 heteroatoms. The number of hydrogen-bond acceptors (Lipinski definition) is 5. The van der Waals surface area contributed by atoms with Crippen molar-refractivity contribution >= 4 is 5.91 Å². The van der Waals surface area contributed by atoms with Gasteiger partial charge in [0.25, 0.3) is 5.91 Å². The number of piperidine rings is 1. The average Bonchev–Trinajstić information content (AvgIpc) is 2.72. The minimum Gasteiger partial charge on any atom is -0.395 e. The van der Waals surface area contributed by atoms with Crippen LogP contribution in [-0.4, -0.2) is 58.2 Å². The molecule has 0 saturated carbocycles. The smallest absolute Gasteiger partial charge is 0.251 e. The zero-order valence-corrected chi connectivity index (χ0v) is 15.0. The van der Waals surface area contributed by atoms with Gasteiger partial charge in [0.2, 0.25) is 0 Å². The summed E-state index contributed by atoms with van der Waals surface area (Å²) in [5.41, 5.74) is 2.46. The van der Waals surface area contributed by atoms with Crippen LogP contribution < -0.4 is 5.32 Å². The lowest BCUT2D eigenvalue weighted by Gasteiger charge is -2.34. The Morgan fingerprint density at radius 3 is 2.88 bits per heavy atom. The van der Waals surface area contributed by atoms with Crippen LogP contribution >= 0.6 is 0 Å². The molecule has 1 saturated heterocycles. The first kappa shape index (κ1) is 18.5. The van der Waals surface area contributed by atoms with E-state index >= 15 is 0 Å². The second kappa shape index (κ2) is 9.40. The number of amides is 1. The number of nitrogens with zero attached hydrogens (tertiary/aromatic N) is 3. The zero-order chi connectivity index (χ0) is 18.2. The quantitative estimate of drug-likeness (QED) is 0.745. The molecule has 2 heterocycles. The molecule has 0 radical (unpaired) electrons. The summed E-state index contributed by atoms with van der Waals surface area (Å²) in [6.07, 6.45) is 9.30. The normalized spacial score (nSPS) is 17.8. The Morgan fingerprint density at radius 2 is 2.08 bits per heavy atom. The number of aliphatic hydroxyl groups is 1.